The predicted molar refractivity (Wildman–Crippen MR) is 89.6 cm³/mol. The van der Waals surface area contributed by atoms with Crippen LogP contribution in [0, 0.1) is 5.92 Å². The molecule has 0 aromatic carbocycles. The molecule has 1 heterocycles. The summed E-state index contributed by atoms with van der Waals surface area (Å²) >= 11 is 0. The lowest BCUT2D eigenvalue weighted by Gasteiger charge is -2.22. The van der Waals surface area contributed by atoms with Crippen LogP contribution in [-0.4, -0.2) is 22.8 Å². The maximum Gasteiger partial charge on any atom is 0.242 e. The molecule has 2 N–H and O–H groups in total. The zero-order chi connectivity index (χ0) is 16.7. The molecule has 23 heavy (non-hydrogen) atoms. The number of rotatable bonds is 6. The summed E-state index contributed by atoms with van der Waals surface area (Å²) in [6.45, 7) is 3.65. The fourth-order valence-corrected chi connectivity index (χ4v) is 3.09. The number of pyridine rings is 1. The fourth-order valence-electron chi connectivity index (χ4n) is 3.09. The number of nitrogens with zero attached hydrogens (tertiary/aromatic N) is 1. The van der Waals surface area contributed by atoms with E-state index < -0.39 is 6.04 Å². The van der Waals surface area contributed by atoms with Crippen molar-refractivity contribution in [2.45, 2.75) is 64.5 Å². The van der Waals surface area contributed by atoms with Crippen LogP contribution >= 0.6 is 0 Å². The number of nitrogens with one attached hydrogen (secondary N) is 2. The van der Waals surface area contributed by atoms with Gasteiger partial charge in [-0.05, 0) is 50.3 Å². The van der Waals surface area contributed by atoms with Crippen LogP contribution < -0.4 is 10.6 Å². The third-order valence-corrected chi connectivity index (χ3v) is 4.53. The van der Waals surface area contributed by atoms with Crippen LogP contribution in [0.25, 0.3) is 0 Å². The first-order chi connectivity index (χ1) is 11.1. The molecule has 1 aliphatic carbocycles. The standard InChI is InChI=1S/C18H27N3O2/c1-13(16-8-10-19-11-9-16)21-18(23)14(2)20-17(22)12-15-6-4-3-5-7-15/h8-11,13-15H,3-7,12H2,1-2H3,(H,20,22)(H,21,23)/t13-,14+/m1/s1. The molecule has 0 radical (unpaired) electrons. The Labute approximate surface area is 138 Å². The van der Waals surface area contributed by atoms with Crippen LogP contribution in [0.4, 0.5) is 0 Å². The third-order valence-electron chi connectivity index (χ3n) is 4.53. The highest BCUT2D eigenvalue weighted by Crippen LogP contribution is 2.26. The zero-order valence-corrected chi connectivity index (χ0v) is 14.0. The molecule has 1 fully saturated rings. The Bertz CT molecular complexity index is 512. The summed E-state index contributed by atoms with van der Waals surface area (Å²) in [6, 6.07) is 3.12. The second kappa shape index (κ2) is 8.65. The van der Waals surface area contributed by atoms with Gasteiger partial charge in [-0.3, -0.25) is 14.6 Å². The molecule has 0 aliphatic heterocycles. The number of carbonyl (C=O) groups is 2. The van der Waals surface area contributed by atoms with Crippen molar-refractivity contribution < 1.29 is 9.59 Å². The van der Waals surface area contributed by atoms with Crippen LogP contribution in [0.2, 0.25) is 0 Å². The van der Waals surface area contributed by atoms with Gasteiger partial charge in [-0.1, -0.05) is 19.3 Å². The first-order valence-electron chi connectivity index (χ1n) is 8.56. The maximum absolute atomic E-state index is 12.2. The van der Waals surface area contributed by atoms with Crippen LogP contribution in [0.1, 0.15) is 64.0 Å². The van der Waals surface area contributed by atoms with Gasteiger partial charge in [-0.15, -0.1) is 0 Å². The predicted octanol–water partition coefficient (Wildman–Crippen LogP) is 2.73. The van der Waals surface area contributed by atoms with Gasteiger partial charge in [0.05, 0.1) is 6.04 Å². The lowest BCUT2D eigenvalue weighted by atomic mass is 9.87. The molecule has 1 aromatic rings. The van der Waals surface area contributed by atoms with Gasteiger partial charge in [0, 0.05) is 18.8 Å². The van der Waals surface area contributed by atoms with Crippen molar-refractivity contribution in [3.63, 3.8) is 0 Å². The summed E-state index contributed by atoms with van der Waals surface area (Å²) in [6.07, 6.45) is 9.93. The molecule has 2 rings (SSSR count). The van der Waals surface area contributed by atoms with Gasteiger partial charge in [0.2, 0.25) is 11.8 Å². The SMILES string of the molecule is C[C@H](NC(=O)CC1CCCCC1)C(=O)N[C@H](C)c1ccncc1. The Morgan fingerprint density at radius 3 is 2.43 bits per heavy atom. The molecule has 5 nitrogen and oxygen atoms in total. The van der Waals surface area contributed by atoms with E-state index in [4.69, 9.17) is 0 Å². The molecule has 0 spiro atoms. The molecule has 2 atom stereocenters. The Balaban J connectivity index is 1.76. The third kappa shape index (κ3) is 5.66. The Morgan fingerprint density at radius 1 is 1.13 bits per heavy atom. The highest BCUT2D eigenvalue weighted by atomic mass is 16.2. The summed E-state index contributed by atoms with van der Waals surface area (Å²) in [5, 5.41) is 5.74. The van der Waals surface area contributed by atoms with E-state index in [1.54, 1.807) is 19.3 Å². The lowest BCUT2D eigenvalue weighted by Crippen LogP contribution is -2.45. The molecule has 0 bridgehead atoms. The molecule has 2 amide bonds. The van der Waals surface area contributed by atoms with Gasteiger partial charge in [0.15, 0.2) is 0 Å². The summed E-state index contributed by atoms with van der Waals surface area (Å²) in [4.78, 5) is 28.3. The topological polar surface area (TPSA) is 71.1 Å². The second-order valence-corrected chi connectivity index (χ2v) is 6.51. The van der Waals surface area contributed by atoms with Crippen LogP contribution in [-0.2, 0) is 9.59 Å². The van der Waals surface area contributed by atoms with E-state index in [1.165, 1.54) is 19.3 Å². The maximum atomic E-state index is 12.2. The molecule has 0 saturated heterocycles. The monoisotopic (exact) mass is 317 g/mol. The van der Waals surface area contributed by atoms with Gasteiger partial charge >= 0.3 is 0 Å². The second-order valence-electron chi connectivity index (χ2n) is 6.51. The van der Waals surface area contributed by atoms with Gasteiger partial charge < -0.3 is 10.6 Å². The molecule has 1 saturated carbocycles. The first kappa shape index (κ1) is 17.4. The number of aromatic nitrogens is 1. The number of hydrogen-bond donors (Lipinski definition) is 2. The smallest absolute Gasteiger partial charge is 0.242 e. The Morgan fingerprint density at radius 2 is 1.78 bits per heavy atom. The van der Waals surface area contributed by atoms with Gasteiger partial charge in [0.25, 0.3) is 0 Å². The average molecular weight is 317 g/mol. The highest BCUT2D eigenvalue weighted by Gasteiger charge is 2.21. The van der Waals surface area contributed by atoms with Gasteiger partial charge in [-0.2, -0.15) is 0 Å². The Hall–Kier alpha value is -1.91. The summed E-state index contributed by atoms with van der Waals surface area (Å²) in [7, 11) is 0. The minimum atomic E-state index is -0.518. The molecule has 1 aliphatic rings. The van der Waals surface area contributed by atoms with Gasteiger partial charge in [-0.25, -0.2) is 0 Å². The lowest BCUT2D eigenvalue weighted by molar-refractivity contribution is -0.129. The minimum absolute atomic E-state index is 0.0175. The van der Waals surface area contributed by atoms with Crippen molar-refractivity contribution in [3.05, 3.63) is 30.1 Å². The van der Waals surface area contributed by atoms with Gasteiger partial charge in [0.1, 0.15) is 6.04 Å². The quantitative estimate of drug-likeness (QED) is 0.847. The highest BCUT2D eigenvalue weighted by molar-refractivity contribution is 5.87. The average Bonchev–Trinajstić information content (AvgIpc) is 2.56. The van der Waals surface area contributed by atoms with Crippen LogP contribution in [0.3, 0.4) is 0 Å². The number of hydrogen-bond acceptors (Lipinski definition) is 3. The largest absolute Gasteiger partial charge is 0.348 e. The summed E-state index contributed by atoms with van der Waals surface area (Å²) in [5.74, 6) is 0.303. The molecule has 5 heteroatoms. The molecule has 1 aromatic heterocycles. The van der Waals surface area contributed by atoms with Crippen molar-refractivity contribution in [2.24, 2.45) is 5.92 Å². The van der Waals surface area contributed by atoms with E-state index in [0.717, 1.165) is 18.4 Å². The van der Waals surface area contributed by atoms with Crippen LogP contribution in [0.5, 0.6) is 0 Å². The molecule has 126 valence electrons. The van der Waals surface area contributed by atoms with Crippen molar-refractivity contribution in [2.75, 3.05) is 0 Å². The first-order valence-corrected chi connectivity index (χ1v) is 8.56. The molecular weight excluding hydrogens is 290 g/mol. The fraction of sp³-hybridized carbons (Fsp3) is 0.611. The van der Waals surface area contributed by atoms with Crippen molar-refractivity contribution in [1.29, 1.82) is 0 Å². The summed E-state index contributed by atoms with van der Waals surface area (Å²) < 4.78 is 0. The van der Waals surface area contributed by atoms with Crippen molar-refractivity contribution in [1.82, 2.24) is 15.6 Å². The summed E-state index contributed by atoms with van der Waals surface area (Å²) in [5.41, 5.74) is 0.995. The van der Waals surface area contributed by atoms with Crippen molar-refractivity contribution in [3.8, 4) is 0 Å². The van der Waals surface area contributed by atoms with E-state index in [2.05, 4.69) is 15.6 Å². The van der Waals surface area contributed by atoms with E-state index in [0.29, 0.717) is 12.3 Å². The zero-order valence-electron chi connectivity index (χ0n) is 14.0. The van der Waals surface area contributed by atoms with E-state index in [9.17, 15) is 9.59 Å². The van der Waals surface area contributed by atoms with E-state index >= 15 is 0 Å². The number of carbonyl (C=O) groups excluding carboxylic acids is 2. The molecule has 0 unspecified atom stereocenters. The normalized spacial score (nSPS) is 18.0. The van der Waals surface area contributed by atoms with Crippen molar-refractivity contribution >= 4 is 11.8 Å². The number of amides is 2. The Kier molecular flexibility index (Phi) is 6.56. The van der Waals surface area contributed by atoms with E-state index in [1.807, 2.05) is 19.1 Å². The minimum Gasteiger partial charge on any atom is -0.348 e. The molecular formula is C18H27N3O2. The van der Waals surface area contributed by atoms with Crippen LogP contribution in [0.15, 0.2) is 24.5 Å². The van der Waals surface area contributed by atoms with E-state index in [-0.39, 0.29) is 17.9 Å².